The van der Waals surface area contributed by atoms with Crippen LogP contribution in [0.5, 0.6) is 0 Å². The van der Waals surface area contributed by atoms with Crippen LogP contribution in [-0.2, 0) is 0 Å². The summed E-state index contributed by atoms with van der Waals surface area (Å²) in [6, 6.07) is 4.25. The molecule has 0 aliphatic heterocycles. The average molecular weight is 259 g/mol. The summed E-state index contributed by atoms with van der Waals surface area (Å²) in [5, 5.41) is 0.0727. The molecule has 2 rings (SSSR count). The molecule has 0 bridgehead atoms. The minimum absolute atomic E-state index is 0.0144. The zero-order valence-corrected chi connectivity index (χ0v) is 9.30. The Hall–Kier alpha value is -1.46. The Bertz CT molecular complexity index is 507. The third-order valence-electron chi connectivity index (χ3n) is 1.81. The lowest BCUT2D eigenvalue weighted by molar-refractivity contribution is 0.630. The van der Waals surface area contributed by atoms with Gasteiger partial charge in [0.1, 0.15) is 5.82 Å². The normalized spacial score (nSPS) is 10.4. The lowest BCUT2D eigenvalue weighted by Crippen LogP contribution is -2.01. The van der Waals surface area contributed by atoms with Crippen LogP contribution in [0, 0.1) is 5.82 Å². The molecule has 0 spiro atoms. The Morgan fingerprint density at radius 3 is 2.50 bits per heavy atom. The van der Waals surface area contributed by atoms with Crippen LogP contribution >= 0.6 is 23.2 Å². The highest BCUT2D eigenvalue weighted by molar-refractivity contribution is 6.33. The number of nitrogens with two attached hydrogens (primary N) is 1. The first-order valence-electron chi connectivity index (χ1n) is 4.19. The summed E-state index contributed by atoms with van der Waals surface area (Å²) >= 11 is 11.4. The zero-order chi connectivity index (χ0) is 11.7. The summed E-state index contributed by atoms with van der Waals surface area (Å²) in [6.45, 7) is 0. The van der Waals surface area contributed by atoms with Crippen molar-refractivity contribution in [1.82, 2.24) is 15.0 Å². The summed E-state index contributed by atoms with van der Waals surface area (Å²) in [6.07, 6.45) is 0. The van der Waals surface area contributed by atoms with E-state index in [1.165, 1.54) is 18.2 Å². The van der Waals surface area contributed by atoms with E-state index in [9.17, 15) is 4.39 Å². The van der Waals surface area contributed by atoms with Crippen LogP contribution in [0.15, 0.2) is 18.2 Å². The summed E-state index contributed by atoms with van der Waals surface area (Å²) in [5.41, 5.74) is 5.44. The molecule has 0 fully saturated rings. The number of nitrogen functional groups attached to an aromatic ring is 1. The van der Waals surface area contributed by atoms with Crippen LogP contribution in [0.1, 0.15) is 0 Å². The van der Waals surface area contributed by atoms with E-state index in [0.29, 0.717) is 0 Å². The van der Waals surface area contributed by atoms with E-state index in [2.05, 4.69) is 15.0 Å². The maximum atomic E-state index is 13.5. The molecule has 0 amide bonds. The fourth-order valence-corrected chi connectivity index (χ4v) is 1.60. The van der Waals surface area contributed by atoms with Crippen LogP contribution in [0.2, 0.25) is 10.3 Å². The molecule has 4 nitrogen and oxygen atoms in total. The quantitative estimate of drug-likeness (QED) is 0.854. The van der Waals surface area contributed by atoms with Crippen molar-refractivity contribution in [2.75, 3.05) is 5.73 Å². The molecule has 2 N–H and O–H groups in total. The van der Waals surface area contributed by atoms with Crippen molar-refractivity contribution in [2.45, 2.75) is 0 Å². The molecule has 82 valence electrons. The molecule has 2 aromatic rings. The lowest BCUT2D eigenvalue weighted by Gasteiger charge is -2.04. The molecule has 1 aromatic heterocycles. The van der Waals surface area contributed by atoms with Gasteiger partial charge in [-0.1, -0.05) is 17.7 Å². The second-order valence-electron chi connectivity index (χ2n) is 2.88. The lowest BCUT2D eigenvalue weighted by atomic mass is 10.2. The Morgan fingerprint density at radius 1 is 1.12 bits per heavy atom. The van der Waals surface area contributed by atoms with Gasteiger partial charge in [0.05, 0.1) is 10.6 Å². The first-order chi connectivity index (χ1) is 7.58. The zero-order valence-electron chi connectivity index (χ0n) is 7.78. The molecule has 1 aromatic carbocycles. The minimum atomic E-state index is -0.547. The molecule has 1 heterocycles. The van der Waals surface area contributed by atoms with E-state index < -0.39 is 5.82 Å². The van der Waals surface area contributed by atoms with E-state index >= 15 is 0 Å². The molecule has 0 atom stereocenters. The van der Waals surface area contributed by atoms with E-state index in [1.54, 1.807) is 0 Å². The molecule has 0 aliphatic rings. The molecule has 0 unspecified atom stereocenters. The van der Waals surface area contributed by atoms with Gasteiger partial charge in [-0.3, -0.25) is 0 Å². The second-order valence-corrected chi connectivity index (χ2v) is 3.63. The molecule has 0 radical (unpaired) electrons. The molecule has 7 heteroatoms. The number of halogens is 3. The van der Waals surface area contributed by atoms with E-state index in [-0.39, 0.29) is 27.6 Å². The highest BCUT2D eigenvalue weighted by atomic mass is 35.5. The van der Waals surface area contributed by atoms with Gasteiger partial charge in [0, 0.05) is 0 Å². The highest BCUT2D eigenvalue weighted by Gasteiger charge is 2.14. The molecule has 0 saturated carbocycles. The van der Waals surface area contributed by atoms with E-state index in [0.717, 1.165) is 0 Å². The SMILES string of the molecule is Nc1nc(Cl)nc(-c2c(F)cccc2Cl)n1. The Morgan fingerprint density at radius 2 is 1.88 bits per heavy atom. The highest BCUT2D eigenvalue weighted by Crippen LogP contribution is 2.28. The predicted molar refractivity (Wildman–Crippen MR) is 59.7 cm³/mol. The molecule has 0 aliphatic carbocycles. The fraction of sp³-hybridized carbons (Fsp3) is 0. The maximum absolute atomic E-state index is 13.5. The van der Waals surface area contributed by atoms with Crippen molar-refractivity contribution < 1.29 is 4.39 Å². The van der Waals surface area contributed by atoms with Gasteiger partial charge < -0.3 is 5.73 Å². The van der Waals surface area contributed by atoms with Crippen molar-refractivity contribution in [3.05, 3.63) is 34.3 Å². The van der Waals surface area contributed by atoms with Gasteiger partial charge in [-0.2, -0.15) is 15.0 Å². The van der Waals surface area contributed by atoms with Crippen LogP contribution in [0.4, 0.5) is 10.3 Å². The maximum Gasteiger partial charge on any atom is 0.227 e. The summed E-state index contributed by atoms with van der Waals surface area (Å²) < 4.78 is 13.5. The topological polar surface area (TPSA) is 64.7 Å². The first kappa shape index (κ1) is 11.0. The van der Waals surface area contributed by atoms with Crippen molar-refractivity contribution in [1.29, 1.82) is 0 Å². The first-order valence-corrected chi connectivity index (χ1v) is 4.95. The number of hydrogen-bond donors (Lipinski definition) is 1. The van der Waals surface area contributed by atoms with Crippen LogP contribution in [-0.4, -0.2) is 15.0 Å². The predicted octanol–water partition coefficient (Wildman–Crippen LogP) is 2.57. The molecular weight excluding hydrogens is 254 g/mol. The molecule has 0 saturated heterocycles. The third kappa shape index (κ3) is 2.05. The number of hydrogen-bond acceptors (Lipinski definition) is 4. The largest absolute Gasteiger partial charge is 0.368 e. The van der Waals surface area contributed by atoms with E-state index in [1.807, 2.05) is 0 Å². The van der Waals surface area contributed by atoms with Gasteiger partial charge in [-0.25, -0.2) is 4.39 Å². The fourth-order valence-electron chi connectivity index (χ4n) is 1.19. The monoisotopic (exact) mass is 258 g/mol. The summed E-state index contributed by atoms with van der Waals surface area (Å²) in [4.78, 5) is 11.1. The molecule has 16 heavy (non-hydrogen) atoms. The van der Waals surface area contributed by atoms with Gasteiger partial charge in [0.15, 0.2) is 5.82 Å². The second kappa shape index (κ2) is 4.19. The van der Waals surface area contributed by atoms with Crippen LogP contribution in [0.3, 0.4) is 0 Å². The molecular formula is C9H5Cl2FN4. The van der Waals surface area contributed by atoms with E-state index in [4.69, 9.17) is 28.9 Å². The average Bonchev–Trinajstić information content (AvgIpc) is 2.15. The van der Waals surface area contributed by atoms with Crippen molar-refractivity contribution in [3.8, 4) is 11.4 Å². The Labute approximate surface area is 100 Å². The summed E-state index contributed by atoms with van der Waals surface area (Å²) in [7, 11) is 0. The third-order valence-corrected chi connectivity index (χ3v) is 2.30. The number of rotatable bonds is 1. The van der Waals surface area contributed by atoms with Gasteiger partial charge in [-0.15, -0.1) is 0 Å². The smallest absolute Gasteiger partial charge is 0.227 e. The number of benzene rings is 1. The van der Waals surface area contributed by atoms with Gasteiger partial charge in [0.25, 0.3) is 0 Å². The summed E-state index contributed by atoms with van der Waals surface area (Å²) in [5.74, 6) is -0.621. The van der Waals surface area contributed by atoms with Crippen molar-refractivity contribution >= 4 is 29.2 Å². The standard InChI is InChI=1S/C9H5Cl2FN4/c10-4-2-1-3-5(12)6(4)7-14-8(11)16-9(13)15-7/h1-3H,(H2,13,14,15,16). The Kier molecular flexibility index (Phi) is 2.89. The number of aromatic nitrogens is 3. The van der Waals surface area contributed by atoms with Gasteiger partial charge in [-0.05, 0) is 23.7 Å². The number of anilines is 1. The van der Waals surface area contributed by atoms with Crippen LogP contribution in [0.25, 0.3) is 11.4 Å². The Balaban J connectivity index is 2.67. The van der Waals surface area contributed by atoms with Crippen LogP contribution < -0.4 is 5.73 Å². The van der Waals surface area contributed by atoms with Crippen molar-refractivity contribution in [3.63, 3.8) is 0 Å². The van der Waals surface area contributed by atoms with Gasteiger partial charge in [0.2, 0.25) is 11.2 Å². The van der Waals surface area contributed by atoms with Gasteiger partial charge >= 0.3 is 0 Å². The van der Waals surface area contributed by atoms with Crippen molar-refractivity contribution in [2.24, 2.45) is 0 Å². The number of nitrogens with zero attached hydrogens (tertiary/aromatic N) is 3. The minimum Gasteiger partial charge on any atom is -0.368 e.